The van der Waals surface area contributed by atoms with Crippen molar-refractivity contribution in [3.8, 4) is 0 Å². The monoisotopic (exact) mass is 336 g/mol. The van der Waals surface area contributed by atoms with E-state index in [4.69, 9.17) is 17.3 Å². The Kier molecular flexibility index (Phi) is 4.87. The molecule has 22 heavy (non-hydrogen) atoms. The summed E-state index contributed by atoms with van der Waals surface area (Å²) in [4.78, 5) is 26.9. The summed E-state index contributed by atoms with van der Waals surface area (Å²) >= 11 is 6.25. The molecule has 1 amide bonds. The topological polar surface area (TPSA) is 60.9 Å². The Labute approximate surface area is 138 Å². The highest BCUT2D eigenvalue weighted by atomic mass is 32.2. The van der Waals surface area contributed by atoms with Crippen LogP contribution in [-0.2, 0) is 9.59 Å². The molecule has 7 heteroatoms. The fourth-order valence-electron chi connectivity index (χ4n) is 1.94. The zero-order chi connectivity index (χ0) is 16.4. The summed E-state index contributed by atoms with van der Waals surface area (Å²) in [6.45, 7) is 1.45. The van der Waals surface area contributed by atoms with Crippen LogP contribution in [0.3, 0.4) is 0 Å². The summed E-state index contributed by atoms with van der Waals surface area (Å²) in [5, 5.41) is 9.05. The van der Waals surface area contributed by atoms with Crippen molar-refractivity contribution in [3.63, 3.8) is 0 Å². The van der Waals surface area contributed by atoms with Gasteiger partial charge in [0.1, 0.15) is 10.4 Å². The molecule has 1 fully saturated rings. The predicted molar refractivity (Wildman–Crippen MR) is 92.9 cm³/mol. The summed E-state index contributed by atoms with van der Waals surface area (Å²) in [6, 6.07) is 6.75. The largest absolute Gasteiger partial charge is 0.480 e. The number of carbonyl (C=O) groups is 2. The molecule has 0 aliphatic carbocycles. The summed E-state index contributed by atoms with van der Waals surface area (Å²) in [6.07, 6.45) is 1.73. The molecule has 0 aromatic heterocycles. The minimum Gasteiger partial charge on any atom is -0.480 e. The highest BCUT2D eigenvalue weighted by Crippen LogP contribution is 2.34. The quantitative estimate of drug-likeness (QED) is 0.673. The fourth-order valence-corrected chi connectivity index (χ4v) is 3.36. The third kappa shape index (κ3) is 3.31. The van der Waals surface area contributed by atoms with Crippen molar-refractivity contribution in [1.82, 2.24) is 4.90 Å². The second kappa shape index (κ2) is 6.50. The zero-order valence-corrected chi connectivity index (χ0v) is 14.1. The van der Waals surface area contributed by atoms with E-state index in [0.717, 1.165) is 27.9 Å². The number of hydrogen-bond acceptors (Lipinski definition) is 5. The van der Waals surface area contributed by atoms with E-state index in [1.165, 1.54) is 6.92 Å². The summed E-state index contributed by atoms with van der Waals surface area (Å²) in [5.74, 6) is -1.44. The lowest BCUT2D eigenvalue weighted by Crippen LogP contribution is -2.41. The number of thiocarbonyl (C=S) groups is 1. The van der Waals surface area contributed by atoms with Crippen LogP contribution in [0.25, 0.3) is 6.08 Å². The Hall–Kier alpha value is -1.86. The molecule has 0 unspecified atom stereocenters. The highest BCUT2D eigenvalue weighted by Gasteiger charge is 2.38. The van der Waals surface area contributed by atoms with Gasteiger partial charge in [0, 0.05) is 19.8 Å². The summed E-state index contributed by atoms with van der Waals surface area (Å²) in [5.41, 5.74) is 1.93. The molecular formula is C15H16N2O3S2. The third-order valence-corrected chi connectivity index (χ3v) is 4.61. The van der Waals surface area contributed by atoms with E-state index in [0.29, 0.717) is 4.91 Å². The SMILES string of the molecule is C[C@@H](C(=O)O)N1C(=O)/C(=C/c2ccc(N(C)C)cc2)SC1=S. The number of hydrogen-bond donors (Lipinski definition) is 1. The number of carbonyl (C=O) groups excluding carboxylic acids is 1. The maximum absolute atomic E-state index is 12.3. The van der Waals surface area contributed by atoms with Gasteiger partial charge in [0.05, 0.1) is 4.91 Å². The molecule has 1 N–H and O–H groups in total. The van der Waals surface area contributed by atoms with Crippen LogP contribution in [0.2, 0.25) is 0 Å². The molecule has 1 atom stereocenters. The van der Waals surface area contributed by atoms with Gasteiger partial charge in [0.15, 0.2) is 0 Å². The molecule has 116 valence electrons. The minimum absolute atomic E-state index is 0.274. The third-order valence-electron chi connectivity index (χ3n) is 3.28. The maximum Gasteiger partial charge on any atom is 0.326 e. The van der Waals surface area contributed by atoms with Crippen LogP contribution in [0.4, 0.5) is 5.69 Å². The van der Waals surface area contributed by atoms with Gasteiger partial charge in [-0.1, -0.05) is 36.1 Å². The van der Waals surface area contributed by atoms with Crippen LogP contribution in [-0.4, -0.2) is 46.3 Å². The molecule has 1 saturated heterocycles. The molecular weight excluding hydrogens is 320 g/mol. The van der Waals surface area contributed by atoms with E-state index in [-0.39, 0.29) is 10.2 Å². The number of rotatable bonds is 4. The van der Waals surface area contributed by atoms with E-state index in [9.17, 15) is 9.59 Å². The molecule has 0 saturated carbocycles. The van der Waals surface area contributed by atoms with Crippen LogP contribution < -0.4 is 4.90 Å². The first kappa shape index (κ1) is 16.5. The number of anilines is 1. The van der Waals surface area contributed by atoms with E-state index in [2.05, 4.69) is 0 Å². The Morgan fingerprint density at radius 3 is 2.45 bits per heavy atom. The fraction of sp³-hybridized carbons (Fsp3) is 0.267. The van der Waals surface area contributed by atoms with Gasteiger partial charge in [-0.05, 0) is 30.7 Å². The number of carboxylic acids is 1. The molecule has 2 rings (SSSR count). The first-order valence-corrected chi connectivity index (χ1v) is 7.81. The molecule has 1 aromatic rings. The Balaban J connectivity index is 2.24. The average Bonchev–Trinajstić information content (AvgIpc) is 2.73. The Morgan fingerprint density at radius 2 is 1.95 bits per heavy atom. The standard InChI is InChI=1S/C15H16N2O3S2/c1-9(14(19)20)17-13(18)12(22-15(17)21)8-10-4-6-11(7-5-10)16(2)3/h4-9H,1-3H3,(H,19,20)/b12-8-/t9-/m0/s1. The van der Waals surface area contributed by atoms with Crippen molar-refractivity contribution >= 4 is 51.9 Å². The van der Waals surface area contributed by atoms with Crippen molar-refractivity contribution in [1.29, 1.82) is 0 Å². The van der Waals surface area contributed by atoms with Gasteiger partial charge in [0.2, 0.25) is 0 Å². The number of carboxylic acid groups (broad SMARTS) is 1. The molecule has 1 aliphatic heterocycles. The van der Waals surface area contributed by atoms with Gasteiger partial charge in [0.25, 0.3) is 5.91 Å². The summed E-state index contributed by atoms with van der Waals surface area (Å²) < 4.78 is 0.274. The van der Waals surface area contributed by atoms with Gasteiger partial charge in [-0.2, -0.15) is 0 Å². The van der Waals surface area contributed by atoms with Crippen molar-refractivity contribution in [2.45, 2.75) is 13.0 Å². The second-order valence-corrected chi connectivity index (χ2v) is 6.73. The average molecular weight is 336 g/mol. The number of benzene rings is 1. The first-order chi connectivity index (χ1) is 10.3. The number of nitrogens with zero attached hydrogens (tertiary/aromatic N) is 2. The van der Waals surface area contributed by atoms with E-state index in [1.54, 1.807) is 6.08 Å². The smallest absolute Gasteiger partial charge is 0.326 e. The van der Waals surface area contributed by atoms with Gasteiger partial charge in [-0.25, -0.2) is 4.79 Å². The molecule has 0 radical (unpaired) electrons. The van der Waals surface area contributed by atoms with E-state index in [1.807, 2.05) is 43.3 Å². The normalized spacial score (nSPS) is 18.0. The predicted octanol–water partition coefficient (Wildman–Crippen LogP) is 2.43. The Morgan fingerprint density at radius 1 is 1.36 bits per heavy atom. The molecule has 1 heterocycles. The summed E-state index contributed by atoms with van der Waals surface area (Å²) in [7, 11) is 3.90. The van der Waals surface area contributed by atoms with Crippen LogP contribution in [0, 0.1) is 0 Å². The number of amides is 1. The molecule has 0 spiro atoms. The lowest BCUT2D eigenvalue weighted by molar-refractivity contribution is -0.144. The zero-order valence-electron chi connectivity index (χ0n) is 12.4. The van der Waals surface area contributed by atoms with Crippen molar-refractivity contribution in [2.75, 3.05) is 19.0 Å². The van der Waals surface area contributed by atoms with E-state index < -0.39 is 12.0 Å². The van der Waals surface area contributed by atoms with Crippen molar-refractivity contribution in [2.24, 2.45) is 0 Å². The second-order valence-electron chi connectivity index (χ2n) is 5.05. The van der Waals surface area contributed by atoms with Crippen molar-refractivity contribution in [3.05, 3.63) is 34.7 Å². The Bertz CT molecular complexity index is 653. The molecule has 0 bridgehead atoms. The minimum atomic E-state index is -1.08. The van der Waals surface area contributed by atoms with Crippen LogP contribution in [0.15, 0.2) is 29.2 Å². The highest BCUT2D eigenvalue weighted by molar-refractivity contribution is 8.26. The van der Waals surface area contributed by atoms with Crippen molar-refractivity contribution < 1.29 is 14.7 Å². The van der Waals surface area contributed by atoms with Gasteiger partial charge < -0.3 is 10.0 Å². The molecule has 5 nitrogen and oxygen atoms in total. The van der Waals surface area contributed by atoms with Gasteiger partial charge in [-0.15, -0.1) is 0 Å². The van der Waals surface area contributed by atoms with E-state index >= 15 is 0 Å². The van der Waals surface area contributed by atoms with Crippen LogP contribution in [0.5, 0.6) is 0 Å². The lowest BCUT2D eigenvalue weighted by atomic mass is 10.2. The first-order valence-electron chi connectivity index (χ1n) is 6.58. The maximum atomic E-state index is 12.3. The van der Waals surface area contributed by atoms with Crippen LogP contribution in [0.1, 0.15) is 12.5 Å². The van der Waals surface area contributed by atoms with Crippen LogP contribution >= 0.6 is 24.0 Å². The molecule has 1 aliphatic rings. The van der Waals surface area contributed by atoms with Gasteiger partial charge in [-0.3, -0.25) is 9.69 Å². The number of thioether (sulfide) groups is 1. The van der Waals surface area contributed by atoms with Gasteiger partial charge >= 0.3 is 5.97 Å². The molecule has 1 aromatic carbocycles. The number of aliphatic carboxylic acids is 1. The lowest BCUT2D eigenvalue weighted by Gasteiger charge is -2.18.